The molecule has 6 nitrogen and oxygen atoms in total. The van der Waals surface area contributed by atoms with Crippen molar-refractivity contribution >= 4 is 11.8 Å². The third-order valence-electron chi connectivity index (χ3n) is 2.65. The molecule has 2 aromatic rings. The molecular weight excluding hydrogens is 288 g/mol. The topological polar surface area (TPSA) is 93.8 Å². The molecular formula is C14H14N4O2S. The maximum atomic E-state index is 11.3. The Kier molecular flexibility index (Phi) is 4.98. The molecule has 108 valence electrons. The Bertz CT molecular complexity index is 814. The molecule has 0 aliphatic heterocycles. The van der Waals surface area contributed by atoms with Crippen LogP contribution in [0.1, 0.15) is 11.1 Å². The molecule has 0 spiro atoms. The molecule has 0 saturated heterocycles. The maximum Gasteiger partial charge on any atom is 0.339 e. The highest BCUT2D eigenvalue weighted by Crippen LogP contribution is 2.20. The maximum absolute atomic E-state index is 11.3. The second kappa shape index (κ2) is 6.92. The second-order valence-electron chi connectivity index (χ2n) is 4.15. The van der Waals surface area contributed by atoms with E-state index in [1.54, 1.807) is 7.05 Å². The molecule has 0 amide bonds. The summed E-state index contributed by atoms with van der Waals surface area (Å²) in [5.41, 5.74) is 5.78. The summed E-state index contributed by atoms with van der Waals surface area (Å²) >= 11 is 1.35. The molecule has 21 heavy (non-hydrogen) atoms. The minimum absolute atomic E-state index is 0.303. The van der Waals surface area contributed by atoms with Crippen molar-refractivity contribution in [3.8, 4) is 11.8 Å². The number of aryl methyl sites for hydroxylation is 1. The Morgan fingerprint density at radius 1 is 1.38 bits per heavy atom. The van der Waals surface area contributed by atoms with E-state index in [1.165, 1.54) is 16.4 Å². The highest BCUT2D eigenvalue weighted by atomic mass is 32.2. The van der Waals surface area contributed by atoms with Crippen molar-refractivity contribution in [3.05, 3.63) is 56.1 Å². The fourth-order valence-corrected chi connectivity index (χ4v) is 2.57. The van der Waals surface area contributed by atoms with E-state index in [-0.39, 0.29) is 0 Å². The zero-order valence-electron chi connectivity index (χ0n) is 11.4. The van der Waals surface area contributed by atoms with Gasteiger partial charge in [0, 0.05) is 18.4 Å². The van der Waals surface area contributed by atoms with Crippen LogP contribution in [0.5, 0.6) is 0 Å². The van der Waals surface area contributed by atoms with E-state index in [9.17, 15) is 9.59 Å². The van der Waals surface area contributed by atoms with Crippen LogP contribution in [-0.4, -0.2) is 21.3 Å². The average molecular weight is 302 g/mol. The number of thioether (sulfide) groups is 1. The molecule has 0 aliphatic rings. The number of nitrogens with zero attached hydrogens (tertiary/aromatic N) is 2. The van der Waals surface area contributed by atoms with Crippen LogP contribution in [0.4, 0.5) is 0 Å². The van der Waals surface area contributed by atoms with Crippen molar-refractivity contribution < 1.29 is 0 Å². The molecule has 1 heterocycles. The lowest BCUT2D eigenvalue weighted by molar-refractivity contribution is 0.596. The molecule has 0 radical (unpaired) electrons. The van der Waals surface area contributed by atoms with Crippen LogP contribution >= 0.6 is 11.8 Å². The third kappa shape index (κ3) is 3.84. The highest BCUT2D eigenvalue weighted by molar-refractivity contribution is 7.98. The van der Waals surface area contributed by atoms with Gasteiger partial charge in [-0.05, 0) is 11.6 Å². The first-order valence-electron chi connectivity index (χ1n) is 6.19. The fraction of sp³-hybridized carbons (Fsp3) is 0.214. The van der Waals surface area contributed by atoms with Crippen LogP contribution in [-0.2, 0) is 12.8 Å². The van der Waals surface area contributed by atoms with Crippen LogP contribution in [0.15, 0.2) is 39.0 Å². The molecule has 0 saturated carbocycles. The van der Waals surface area contributed by atoms with Crippen LogP contribution in [0.3, 0.4) is 0 Å². The number of aromatic amines is 1. The van der Waals surface area contributed by atoms with Crippen LogP contribution in [0.2, 0.25) is 0 Å². The lowest BCUT2D eigenvalue weighted by Crippen LogP contribution is -2.33. The number of hydrogen-bond donors (Lipinski definition) is 2. The van der Waals surface area contributed by atoms with Gasteiger partial charge in [-0.25, -0.2) is 0 Å². The predicted octanol–water partition coefficient (Wildman–Crippen LogP) is 0.0711. The van der Waals surface area contributed by atoms with Gasteiger partial charge >= 0.3 is 11.1 Å². The smallest absolute Gasteiger partial charge is 0.320 e. The van der Waals surface area contributed by atoms with Gasteiger partial charge in [-0.2, -0.15) is 4.98 Å². The number of nitrogens with one attached hydrogen (secondary N) is 1. The molecule has 3 N–H and O–H groups in total. The van der Waals surface area contributed by atoms with Gasteiger partial charge in [-0.1, -0.05) is 41.8 Å². The van der Waals surface area contributed by atoms with Gasteiger partial charge in [0.2, 0.25) is 0 Å². The molecule has 7 heteroatoms. The van der Waals surface area contributed by atoms with Gasteiger partial charge in [0.25, 0.3) is 0 Å². The monoisotopic (exact) mass is 302 g/mol. The molecule has 1 aromatic carbocycles. The zero-order chi connectivity index (χ0) is 15.2. The molecule has 0 aliphatic carbocycles. The van der Waals surface area contributed by atoms with E-state index >= 15 is 0 Å². The van der Waals surface area contributed by atoms with Gasteiger partial charge < -0.3 is 5.73 Å². The molecule has 0 unspecified atom stereocenters. The predicted molar refractivity (Wildman–Crippen MR) is 82.0 cm³/mol. The van der Waals surface area contributed by atoms with Crippen molar-refractivity contribution in [2.75, 3.05) is 6.54 Å². The Hall–Kier alpha value is -2.30. The number of H-pyrrole nitrogens is 1. The average Bonchev–Trinajstić information content (AvgIpc) is 2.48. The second-order valence-corrected chi connectivity index (χ2v) is 5.09. The lowest BCUT2D eigenvalue weighted by Gasteiger charge is -2.07. The summed E-state index contributed by atoms with van der Waals surface area (Å²) in [4.78, 5) is 26.2. The summed E-state index contributed by atoms with van der Waals surface area (Å²) in [6.07, 6.45) is 0. The summed E-state index contributed by atoms with van der Waals surface area (Å²) in [6, 6.07) is 7.70. The number of nitrogens with two attached hydrogens (primary N) is 1. The molecule has 0 bridgehead atoms. The van der Waals surface area contributed by atoms with E-state index in [0.29, 0.717) is 17.5 Å². The first-order chi connectivity index (χ1) is 10.1. The number of hydrogen-bond acceptors (Lipinski definition) is 5. The lowest BCUT2D eigenvalue weighted by atomic mass is 10.1. The van der Waals surface area contributed by atoms with Gasteiger partial charge in [0.1, 0.15) is 0 Å². The SMILES string of the molecule is Cn1[nH]c(=O)c(=O)nc1SCc1ccccc1C#CCN. The number of rotatable bonds is 3. The normalized spacial score (nSPS) is 10.0. The van der Waals surface area contributed by atoms with E-state index in [1.807, 2.05) is 24.3 Å². The van der Waals surface area contributed by atoms with Gasteiger partial charge in [-0.3, -0.25) is 19.4 Å². The van der Waals surface area contributed by atoms with Crippen molar-refractivity contribution in [3.63, 3.8) is 0 Å². The van der Waals surface area contributed by atoms with E-state index in [2.05, 4.69) is 21.9 Å². The van der Waals surface area contributed by atoms with Gasteiger partial charge in [-0.15, -0.1) is 0 Å². The Morgan fingerprint density at radius 3 is 2.90 bits per heavy atom. The fourth-order valence-electron chi connectivity index (χ4n) is 1.65. The Morgan fingerprint density at radius 2 is 2.14 bits per heavy atom. The first-order valence-corrected chi connectivity index (χ1v) is 7.17. The third-order valence-corrected chi connectivity index (χ3v) is 3.73. The standard InChI is InChI=1S/C14H14N4O2S/c1-18-14(16-12(19)13(20)17-18)21-9-11-6-3-2-5-10(11)7-4-8-15/h2-3,5-6H,8-9,15H2,1H3,(H,17,20). The quantitative estimate of drug-likeness (QED) is 0.475. The Labute approximate surface area is 125 Å². The molecule has 1 aromatic heterocycles. The molecule has 0 atom stereocenters. The zero-order valence-corrected chi connectivity index (χ0v) is 12.2. The van der Waals surface area contributed by atoms with Gasteiger partial charge in [0.15, 0.2) is 5.16 Å². The summed E-state index contributed by atoms with van der Waals surface area (Å²) < 4.78 is 1.43. The summed E-state index contributed by atoms with van der Waals surface area (Å²) in [7, 11) is 1.64. The van der Waals surface area contributed by atoms with Crippen molar-refractivity contribution in [1.82, 2.24) is 14.8 Å². The van der Waals surface area contributed by atoms with Crippen LogP contribution in [0.25, 0.3) is 0 Å². The largest absolute Gasteiger partial charge is 0.339 e. The first kappa shape index (κ1) is 15.1. The van der Waals surface area contributed by atoms with Crippen LogP contribution in [0, 0.1) is 11.8 Å². The van der Waals surface area contributed by atoms with Crippen LogP contribution < -0.4 is 16.9 Å². The van der Waals surface area contributed by atoms with E-state index in [0.717, 1.165) is 11.1 Å². The molecule has 0 fully saturated rings. The van der Waals surface area contributed by atoms with Gasteiger partial charge in [0.05, 0.1) is 6.54 Å². The summed E-state index contributed by atoms with van der Waals surface area (Å²) in [6.45, 7) is 0.303. The minimum atomic E-state index is -0.785. The Balaban J connectivity index is 2.23. The molecule has 2 rings (SSSR count). The summed E-state index contributed by atoms with van der Waals surface area (Å²) in [5, 5.41) is 2.86. The highest BCUT2D eigenvalue weighted by Gasteiger charge is 2.06. The summed E-state index contributed by atoms with van der Waals surface area (Å²) in [5.74, 6) is 6.42. The van der Waals surface area contributed by atoms with E-state index in [4.69, 9.17) is 5.73 Å². The van der Waals surface area contributed by atoms with Crippen molar-refractivity contribution in [2.45, 2.75) is 10.9 Å². The number of benzene rings is 1. The van der Waals surface area contributed by atoms with E-state index < -0.39 is 11.1 Å². The van der Waals surface area contributed by atoms with Crippen molar-refractivity contribution in [2.24, 2.45) is 12.8 Å². The number of aromatic nitrogens is 3. The van der Waals surface area contributed by atoms with Crippen molar-refractivity contribution in [1.29, 1.82) is 0 Å². The minimum Gasteiger partial charge on any atom is -0.320 e.